The topological polar surface area (TPSA) is 78.9 Å². The van der Waals surface area contributed by atoms with Crippen molar-refractivity contribution in [2.75, 3.05) is 13.2 Å². The van der Waals surface area contributed by atoms with Gasteiger partial charge in [-0.1, -0.05) is 259 Å². The van der Waals surface area contributed by atoms with E-state index in [1.54, 1.807) is 0 Å². The van der Waals surface area contributed by atoms with Crippen molar-refractivity contribution >= 4 is 17.9 Å². The Bertz CT molecular complexity index is 1520. The molecule has 0 fully saturated rings. The molecule has 6 nitrogen and oxygen atoms in total. The first-order valence-corrected chi connectivity index (χ1v) is 31.4. The third-order valence-electron chi connectivity index (χ3n) is 13.2. The van der Waals surface area contributed by atoms with Crippen LogP contribution in [0.5, 0.6) is 0 Å². The first kappa shape index (κ1) is 71.1. The molecule has 0 aliphatic carbocycles. The van der Waals surface area contributed by atoms with Gasteiger partial charge < -0.3 is 14.2 Å². The van der Waals surface area contributed by atoms with Crippen molar-refractivity contribution in [2.24, 2.45) is 0 Å². The fourth-order valence-electron chi connectivity index (χ4n) is 8.60. The van der Waals surface area contributed by atoms with E-state index in [2.05, 4.69) is 130 Å². The summed E-state index contributed by atoms with van der Waals surface area (Å²) in [5.74, 6) is -0.941. The zero-order valence-electron chi connectivity index (χ0n) is 49.0. The SMILES string of the molecule is CC/C=C\C/C=C\C/C=C\C/C=C\CCCCCCC(=O)OCC(COC(=O)CCCCCCCCCCCCC/C=C\CCCCCCCCCC)OC(=O)CCCCCC/C=C\C/C=C\C/C=C\C/C=C\CC. The molecule has 0 aromatic carbocycles. The lowest BCUT2D eigenvalue weighted by molar-refractivity contribution is -0.167. The summed E-state index contributed by atoms with van der Waals surface area (Å²) in [5.41, 5.74) is 0. The van der Waals surface area contributed by atoms with Gasteiger partial charge in [-0.3, -0.25) is 14.4 Å². The van der Waals surface area contributed by atoms with E-state index in [0.717, 1.165) is 135 Å². The van der Waals surface area contributed by atoms with Crippen LogP contribution in [-0.4, -0.2) is 37.2 Å². The first-order valence-electron chi connectivity index (χ1n) is 31.4. The monoisotopic (exact) mass is 1040 g/mol. The molecule has 0 saturated carbocycles. The average Bonchev–Trinajstić information content (AvgIpc) is 3.41. The third-order valence-corrected chi connectivity index (χ3v) is 13.2. The Morgan fingerprint density at radius 3 is 0.827 bits per heavy atom. The van der Waals surface area contributed by atoms with Gasteiger partial charge in [0.2, 0.25) is 0 Å². The average molecular weight is 1040 g/mol. The second-order valence-electron chi connectivity index (χ2n) is 20.5. The molecule has 0 aliphatic heterocycles. The highest BCUT2D eigenvalue weighted by Gasteiger charge is 2.19. The molecule has 1 unspecified atom stereocenters. The summed E-state index contributed by atoms with van der Waals surface area (Å²) in [4.78, 5) is 38.3. The van der Waals surface area contributed by atoms with E-state index in [4.69, 9.17) is 14.2 Å². The van der Waals surface area contributed by atoms with E-state index in [9.17, 15) is 14.4 Å². The molecular formula is C69H116O6. The second-order valence-corrected chi connectivity index (χ2v) is 20.5. The van der Waals surface area contributed by atoms with Crippen LogP contribution < -0.4 is 0 Å². The number of carbonyl (C=O) groups is 3. The van der Waals surface area contributed by atoms with Crippen LogP contribution in [0, 0.1) is 0 Å². The number of allylic oxidation sites excluding steroid dienone is 18. The molecule has 0 spiro atoms. The number of rotatable bonds is 56. The Labute approximate surface area is 463 Å². The number of carbonyl (C=O) groups excluding carboxylic acids is 3. The van der Waals surface area contributed by atoms with Crippen LogP contribution in [0.3, 0.4) is 0 Å². The number of unbranched alkanes of at least 4 members (excludes halogenated alkanes) is 27. The molecule has 75 heavy (non-hydrogen) atoms. The van der Waals surface area contributed by atoms with Gasteiger partial charge in [0.05, 0.1) is 0 Å². The van der Waals surface area contributed by atoms with Gasteiger partial charge in [-0.2, -0.15) is 0 Å². The third kappa shape index (κ3) is 60.8. The van der Waals surface area contributed by atoms with Crippen molar-refractivity contribution < 1.29 is 28.6 Å². The molecule has 0 aromatic rings. The minimum atomic E-state index is -0.805. The van der Waals surface area contributed by atoms with Crippen LogP contribution >= 0.6 is 0 Å². The van der Waals surface area contributed by atoms with E-state index in [-0.39, 0.29) is 31.1 Å². The second kappa shape index (κ2) is 62.6. The van der Waals surface area contributed by atoms with Crippen molar-refractivity contribution in [3.63, 3.8) is 0 Å². The van der Waals surface area contributed by atoms with Gasteiger partial charge in [0.25, 0.3) is 0 Å². The zero-order chi connectivity index (χ0) is 54.3. The van der Waals surface area contributed by atoms with Crippen LogP contribution in [0.1, 0.15) is 290 Å². The van der Waals surface area contributed by atoms with E-state index in [1.165, 1.54) is 116 Å². The Kier molecular flexibility index (Phi) is 59.3. The predicted molar refractivity (Wildman–Crippen MR) is 325 cm³/mol. The number of hydrogen-bond acceptors (Lipinski definition) is 6. The molecule has 0 aromatic heterocycles. The Balaban J connectivity index is 4.42. The molecule has 428 valence electrons. The fourth-order valence-corrected chi connectivity index (χ4v) is 8.60. The largest absolute Gasteiger partial charge is 0.462 e. The molecule has 0 aliphatic rings. The maximum atomic E-state index is 12.9. The molecule has 1 atom stereocenters. The molecule has 0 amide bonds. The lowest BCUT2D eigenvalue weighted by Crippen LogP contribution is -2.30. The maximum Gasteiger partial charge on any atom is 0.306 e. The summed E-state index contributed by atoms with van der Waals surface area (Å²) in [7, 11) is 0. The highest BCUT2D eigenvalue weighted by Crippen LogP contribution is 2.15. The summed E-state index contributed by atoms with van der Waals surface area (Å²) in [5, 5.41) is 0. The predicted octanol–water partition coefficient (Wildman–Crippen LogP) is 21.4. The van der Waals surface area contributed by atoms with E-state index < -0.39 is 6.10 Å². The Hall–Kier alpha value is -3.93. The number of hydrogen-bond donors (Lipinski definition) is 0. The van der Waals surface area contributed by atoms with Crippen molar-refractivity contribution in [1.29, 1.82) is 0 Å². The van der Waals surface area contributed by atoms with Crippen molar-refractivity contribution in [3.05, 3.63) is 109 Å². The van der Waals surface area contributed by atoms with Crippen LogP contribution in [0.15, 0.2) is 109 Å². The first-order chi connectivity index (χ1) is 37.0. The highest BCUT2D eigenvalue weighted by molar-refractivity contribution is 5.71. The zero-order valence-corrected chi connectivity index (χ0v) is 49.0. The van der Waals surface area contributed by atoms with Crippen LogP contribution in [0.25, 0.3) is 0 Å². The minimum absolute atomic E-state index is 0.0971. The molecule has 0 radical (unpaired) electrons. The quantitative estimate of drug-likeness (QED) is 0.0261. The molecule has 0 heterocycles. The Morgan fingerprint density at radius 2 is 0.520 bits per heavy atom. The van der Waals surface area contributed by atoms with Crippen LogP contribution in [-0.2, 0) is 28.6 Å². The summed E-state index contributed by atoms with van der Waals surface area (Å²) >= 11 is 0. The van der Waals surface area contributed by atoms with Gasteiger partial charge in [0.1, 0.15) is 13.2 Å². The smallest absolute Gasteiger partial charge is 0.306 e. The lowest BCUT2D eigenvalue weighted by atomic mass is 10.0. The molecule has 6 heteroatoms. The maximum absolute atomic E-state index is 12.9. The molecular weight excluding hydrogens is 925 g/mol. The highest BCUT2D eigenvalue weighted by atomic mass is 16.6. The van der Waals surface area contributed by atoms with Gasteiger partial charge in [-0.25, -0.2) is 0 Å². The standard InChI is InChI=1S/C69H116O6/c1-4-7-10-13-16-19-22-25-28-31-32-33-34-35-36-39-41-44-47-50-53-56-59-62-68(71)74-65-66(75-69(72)63-60-57-54-51-48-45-42-38-30-27-24-21-18-15-12-9-6-3)64-73-67(70)61-58-55-52-49-46-43-40-37-29-26-23-20-17-14-11-8-5-2/h8-9,11-12,17-18,20-21,26-27,29-32,40,42-43,45,66H,4-7,10,13-16,19,22-25,28,33-39,41,44,46-65H2,1-3H3/b11-8-,12-9-,20-17-,21-18-,29-26-,30-27-,32-31-,43-40-,45-42-. The summed E-state index contributed by atoms with van der Waals surface area (Å²) < 4.78 is 16.9. The number of ether oxygens (including phenoxy) is 3. The Morgan fingerprint density at radius 1 is 0.280 bits per heavy atom. The van der Waals surface area contributed by atoms with Crippen molar-refractivity contribution in [3.8, 4) is 0 Å². The van der Waals surface area contributed by atoms with Crippen molar-refractivity contribution in [2.45, 2.75) is 297 Å². The summed E-state index contributed by atoms with van der Waals surface area (Å²) in [6, 6.07) is 0. The molecule has 0 saturated heterocycles. The van der Waals surface area contributed by atoms with E-state index in [1.807, 2.05) is 0 Å². The number of esters is 3. The summed E-state index contributed by atoms with van der Waals surface area (Å²) in [6.07, 6.45) is 85.2. The van der Waals surface area contributed by atoms with E-state index >= 15 is 0 Å². The van der Waals surface area contributed by atoms with Crippen LogP contribution in [0.2, 0.25) is 0 Å². The van der Waals surface area contributed by atoms with Gasteiger partial charge >= 0.3 is 17.9 Å². The molecule has 0 rings (SSSR count). The van der Waals surface area contributed by atoms with Gasteiger partial charge in [0, 0.05) is 19.3 Å². The van der Waals surface area contributed by atoms with Gasteiger partial charge in [-0.15, -0.1) is 0 Å². The fraction of sp³-hybridized carbons (Fsp3) is 0.696. The van der Waals surface area contributed by atoms with E-state index in [0.29, 0.717) is 19.3 Å². The summed E-state index contributed by atoms with van der Waals surface area (Å²) in [6.45, 7) is 6.39. The van der Waals surface area contributed by atoms with Gasteiger partial charge in [0.15, 0.2) is 6.10 Å². The van der Waals surface area contributed by atoms with Crippen LogP contribution in [0.4, 0.5) is 0 Å². The van der Waals surface area contributed by atoms with Crippen molar-refractivity contribution in [1.82, 2.24) is 0 Å². The molecule has 0 bridgehead atoms. The normalized spacial score (nSPS) is 12.8. The minimum Gasteiger partial charge on any atom is -0.462 e. The van der Waals surface area contributed by atoms with Gasteiger partial charge in [-0.05, 0) is 122 Å². The molecule has 0 N–H and O–H groups in total. The lowest BCUT2D eigenvalue weighted by Gasteiger charge is -2.18.